The van der Waals surface area contributed by atoms with Crippen LogP contribution in [0.4, 0.5) is 10.5 Å². The van der Waals surface area contributed by atoms with E-state index in [2.05, 4.69) is 0 Å². The van der Waals surface area contributed by atoms with Crippen LogP contribution in [0.2, 0.25) is 0 Å². The molecule has 19 heavy (non-hydrogen) atoms. The maximum Gasteiger partial charge on any atom is 0.414 e. The molecule has 0 fully saturated rings. The molecule has 5 heteroatoms. The van der Waals surface area contributed by atoms with Crippen LogP contribution in [0, 0.1) is 0 Å². The molecule has 0 saturated carbocycles. The summed E-state index contributed by atoms with van der Waals surface area (Å²) >= 11 is 0. The highest BCUT2D eigenvalue weighted by Crippen LogP contribution is 2.28. The van der Waals surface area contributed by atoms with Crippen molar-refractivity contribution >= 4 is 11.8 Å². The summed E-state index contributed by atoms with van der Waals surface area (Å²) in [5.74, 6) is 0.613. The van der Waals surface area contributed by atoms with Gasteiger partial charge in [-0.1, -0.05) is 12.1 Å². The number of hydrogen-bond acceptors (Lipinski definition) is 4. The molecule has 1 rings (SSSR count). The second kappa shape index (κ2) is 6.43. The predicted octanol–water partition coefficient (Wildman–Crippen LogP) is 2.40. The molecular weight excluding hydrogens is 244 g/mol. The molecule has 0 aromatic heterocycles. The molecular formula is C14H22N2O3. The zero-order chi connectivity index (χ0) is 14.5. The fraction of sp³-hybridized carbons (Fsp3) is 0.500. The third-order valence-electron chi connectivity index (χ3n) is 2.34. The zero-order valence-electron chi connectivity index (χ0n) is 12.0. The number of ether oxygens (including phenoxy) is 2. The number of nitrogens with zero attached hydrogens (tertiary/aromatic N) is 1. The predicted molar refractivity (Wildman–Crippen MR) is 75.6 cm³/mol. The van der Waals surface area contributed by atoms with Gasteiger partial charge in [0.25, 0.3) is 0 Å². The summed E-state index contributed by atoms with van der Waals surface area (Å²) < 4.78 is 10.6. The molecule has 0 aliphatic carbocycles. The minimum Gasteiger partial charge on any atom is -0.495 e. The van der Waals surface area contributed by atoms with Gasteiger partial charge in [-0.25, -0.2) is 4.79 Å². The Morgan fingerprint density at radius 3 is 2.47 bits per heavy atom. The smallest absolute Gasteiger partial charge is 0.414 e. The molecule has 1 aromatic carbocycles. The highest BCUT2D eigenvalue weighted by Gasteiger charge is 2.24. The van der Waals surface area contributed by atoms with Crippen molar-refractivity contribution in [3.8, 4) is 5.75 Å². The molecule has 0 bridgehead atoms. The minimum absolute atomic E-state index is 0.345. The van der Waals surface area contributed by atoms with Crippen molar-refractivity contribution in [2.24, 2.45) is 5.73 Å². The van der Waals surface area contributed by atoms with Crippen LogP contribution in [-0.4, -0.2) is 31.9 Å². The molecule has 0 saturated heterocycles. The first-order valence-corrected chi connectivity index (χ1v) is 6.22. The summed E-state index contributed by atoms with van der Waals surface area (Å²) in [5, 5.41) is 0. The quantitative estimate of drug-likeness (QED) is 0.908. The SMILES string of the molecule is COc1ccccc1N(CCN)C(=O)OC(C)(C)C. The molecule has 0 unspecified atom stereocenters. The van der Waals surface area contributed by atoms with Crippen LogP contribution in [0.25, 0.3) is 0 Å². The Morgan fingerprint density at radius 1 is 1.32 bits per heavy atom. The Hall–Kier alpha value is -1.75. The largest absolute Gasteiger partial charge is 0.495 e. The van der Waals surface area contributed by atoms with Crippen molar-refractivity contribution in [2.75, 3.05) is 25.1 Å². The molecule has 0 spiro atoms. The van der Waals surface area contributed by atoms with Crippen molar-refractivity contribution in [1.29, 1.82) is 0 Å². The lowest BCUT2D eigenvalue weighted by molar-refractivity contribution is 0.0580. The van der Waals surface area contributed by atoms with Gasteiger partial charge in [-0.05, 0) is 32.9 Å². The van der Waals surface area contributed by atoms with E-state index in [1.165, 1.54) is 4.90 Å². The van der Waals surface area contributed by atoms with Crippen LogP contribution < -0.4 is 15.4 Å². The zero-order valence-corrected chi connectivity index (χ0v) is 12.0. The van der Waals surface area contributed by atoms with Gasteiger partial charge >= 0.3 is 6.09 Å². The second-order valence-corrected chi connectivity index (χ2v) is 5.09. The monoisotopic (exact) mass is 266 g/mol. The standard InChI is InChI=1S/C14H22N2O3/c1-14(2,3)19-13(17)16(10-9-15)11-7-5-6-8-12(11)18-4/h5-8H,9-10,15H2,1-4H3. The minimum atomic E-state index is -0.550. The molecule has 106 valence electrons. The second-order valence-electron chi connectivity index (χ2n) is 5.09. The lowest BCUT2D eigenvalue weighted by Gasteiger charge is -2.28. The summed E-state index contributed by atoms with van der Waals surface area (Å²) in [6, 6.07) is 7.28. The van der Waals surface area contributed by atoms with Crippen molar-refractivity contribution in [3.63, 3.8) is 0 Å². The van der Waals surface area contributed by atoms with E-state index in [1.807, 2.05) is 32.9 Å². The number of carbonyl (C=O) groups excluding carboxylic acids is 1. The third-order valence-corrected chi connectivity index (χ3v) is 2.34. The van der Waals surface area contributed by atoms with E-state index in [0.717, 1.165) is 0 Å². The van der Waals surface area contributed by atoms with Crippen molar-refractivity contribution in [3.05, 3.63) is 24.3 Å². The fourth-order valence-electron chi connectivity index (χ4n) is 1.61. The van der Waals surface area contributed by atoms with E-state index in [1.54, 1.807) is 19.2 Å². The van der Waals surface area contributed by atoms with E-state index in [0.29, 0.717) is 24.5 Å². The molecule has 0 atom stereocenters. The van der Waals surface area contributed by atoms with Gasteiger partial charge in [-0.2, -0.15) is 0 Å². The van der Waals surface area contributed by atoms with Gasteiger partial charge < -0.3 is 15.2 Å². The van der Waals surface area contributed by atoms with Crippen LogP contribution in [-0.2, 0) is 4.74 Å². The Labute approximate surface area is 114 Å². The Balaban J connectivity index is 3.03. The van der Waals surface area contributed by atoms with Crippen LogP contribution in [0.15, 0.2) is 24.3 Å². The van der Waals surface area contributed by atoms with Crippen molar-refractivity contribution in [2.45, 2.75) is 26.4 Å². The average molecular weight is 266 g/mol. The summed E-state index contributed by atoms with van der Waals surface area (Å²) in [6.07, 6.45) is -0.428. The summed E-state index contributed by atoms with van der Waals surface area (Å²) in [6.45, 7) is 6.20. The van der Waals surface area contributed by atoms with Gasteiger partial charge in [0.05, 0.1) is 12.8 Å². The number of rotatable bonds is 4. The normalized spacial score (nSPS) is 11.0. The van der Waals surface area contributed by atoms with Crippen LogP contribution in [0.3, 0.4) is 0 Å². The summed E-state index contributed by atoms with van der Waals surface area (Å²) in [7, 11) is 1.56. The number of nitrogens with two attached hydrogens (primary N) is 1. The van der Waals surface area contributed by atoms with Crippen LogP contribution >= 0.6 is 0 Å². The average Bonchev–Trinajstić information content (AvgIpc) is 2.33. The van der Waals surface area contributed by atoms with E-state index < -0.39 is 11.7 Å². The van der Waals surface area contributed by atoms with Crippen LogP contribution in [0.1, 0.15) is 20.8 Å². The lowest BCUT2D eigenvalue weighted by atomic mass is 10.2. The number of methoxy groups -OCH3 is 1. The summed E-state index contributed by atoms with van der Waals surface area (Å²) in [5.41, 5.74) is 5.68. The fourth-order valence-corrected chi connectivity index (χ4v) is 1.61. The van der Waals surface area contributed by atoms with Crippen molar-refractivity contribution < 1.29 is 14.3 Å². The van der Waals surface area contributed by atoms with Gasteiger partial charge in [-0.15, -0.1) is 0 Å². The molecule has 1 amide bonds. The molecule has 0 heterocycles. The van der Waals surface area contributed by atoms with Gasteiger partial charge in [0.1, 0.15) is 11.4 Å². The molecule has 1 aromatic rings. The van der Waals surface area contributed by atoms with Gasteiger partial charge in [0, 0.05) is 13.1 Å². The topological polar surface area (TPSA) is 64.8 Å². The molecule has 0 aliphatic heterocycles. The first-order chi connectivity index (χ1) is 8.89. The highest BCUT2D eigenvalue weighted by molar-refractivity contribution is 5.89. The number of para-hydroxylation sites is 2. The van der Waals surface area contributed by atoms with E-state index in [4.69, 9.17) is 15.2 Å². The van der Waals surface area contributed by atoms with Gasteiger partial charge in [0.2, 0.25) is 0 Å². The van der Waals surface area contributed by atoms with Crippen molar-refractivity contribution in [1.82, 2.24) is 0 Å². The Kier molecular flexibility index (Phi) is 5.18. The maximum atomic E-state index is 12.2. The Bertz CT molecular complexity index is 427. The molecule has 2 N–H and O–H groups in total. The van der Waals surface area contributed by atoms with Crippen LogP contribution in [0.5, 0.6) is 5.75 Å². The first-order valence-electron chi connectivity index (χ1n) is 6.22. The summed E-state index contributed by atoms with van der Waals surface area (Å²) in [4.78, 5) is 13.7. The third kappa shape index (κ3) is 4.44. The highest BCUT2D eigenvalue weighted by atomic mass is 16.6. The number of anilines is 1. The molecule has 0 radical (unpaired) electrons. The lowest BCUT2D eigenvalue weighted by Crippen LogP contribution is -2.39. The van der Waals surface area contributed by atoms with E-state index in [-0.39, 0.29) is 0 Å². The number of hydrogen-bond donors (Lipinski definition) is 1. The Morgan fingerprint density at radius 2 is 1.95 bits per heavy atom. The number of benzene rings is 1. The number of amides is 1. The van der Waals surface area contributed by atoms with E-state index in [9.17, 15) is 4.79 Å². The maximum absolute atomic E-state index is 12.2. The van der Waals surface area contributed by atoms with E-state index >= 15 is 0 Å². The van der Waals surface area contributed by atoms with Gasteiger partial charge in [0.15, 0.2) is 0 Å². The first kappa shape index (κ1) is 15.3. The molecule has 0 aliphatic rings. The number of carbonyl (C=O) groups is 1. The van der Waals surface area contributed by atoms with Gasteiger partial charge in [-0.3, -0.25) is 4.90 Å². The molecule has 5 nitrogen and oxygen atoms in total.